The number of rotatable bonds is 6. The maximum atomic E-state index is 16.6. The van der Waals surface area contributed by atoms with Crippen molar-refractivity contribution in [3.05, 3.63) is 148 Å². The van der Waals surface area contributed by atoms with Gasteiger partial charge in [0.25, 0.3) is 5.92 Å². The summed E-state index contributed by atoms with van der Waals surface area (Å²) in [7, 11) is 0. The molecule has 2 nitrogen and oxygen atoms in total. The summed E-state index contributed by atoms with van der Waals surface area (Å²) in [5.74, 6) is -3.80. The molecule has 1 fully saturated rings. The van der Waals surface area contributed by atoms with Crippen LogP contribution in [0, 0.1) is 16.4 Å². The predicted molar refractivity (Wildman–Crippen MR) is 181 cm³/mol. The minimum absolute atomic E-state index is 0.0169. The van der Waals surface area contributed by atoms with Crippen LogP contribution in [-0.4, -0.2) is 6.04 Å². The van der Waals surface area contributed by atoms with E-state index in [1.54, 1.807) is 6.07 Å². The summed E-state index contributed by atoms with van der Waals surface area (Å²) in [5.41, 5.74) is 6.91. The summed E-state index contributed by atoms with van der Waals surface area (Å²) in [4.78, 5) is 4.36. The molecule has 5 heteroatoms. The van der Waals surface area contributed by atoms with E-state index in [0.29, 0.717) is 6.42 Å². The van der Waals surface area contributed by atoms with Crippen LogP contribution in [0.3, 0.4) is 0 Å². The monoisotopic (exact) mass is 682 g/mol. The molecule has 3 unspecified atom stereocenters. The molecule has 216 valence electrons. The lowest BCUT2D eigenvalue weighted by Crippen LogP contribution is -2.40. The number of anilines is 5. The van der Waals surface area contributed by atoms with Gasteiger partial charge in [0.2, 0.25) is 0 Å². The average Bonchev–Trinajstić information content (AvgIpc) is 3.26. The maximum Gasteiger partial charge on any atom is 0.277 e. The van der Waals surface area contributed by atoms with E-state index in [4.69, 9.17) is 0 Å². The first kappa shape index (κ1) is 28.1. The van der Waals surface area contributed by atoms with Gasteiger partial charge in [-0.3, -0.25) is 0 Å². The van der Waals surface area contributed by atoms with Crippen LogP contribution < -0.4 is 9.80 Å². The number of para-hydroxylation sites is 2. The van der Waals surface area contributed by atoms with Crippen molar-refractivity contribution < 1.29 is 8.78 Å². The quantitative estimate of drug-likeness (QED) is 0.165. The van der Waals surface area contributed by atoms with Gasteiger partial charge >= 0.3 is 0 Å². The van der Waals surface area contributed by atoms with Gasteiger partial charge in [-0.15, -0.1) is 0 Å². The predicted octanol–water partition coefficient (Wildman–Crippen LogP) is 11.3. The van der Waals surface area contributed by atoms with Crippen molar-refractivity contribution in [2.24, 2.45) is 5.92 Å². The third-order valence-corrected chi connectivity index (χ3v) is 9.87. The van der Waals surface area contributed by atoms with Crippen LogP contribution in [-0.2, 0) is 5.92 Å². The number of alkyl halides is 2. The van der Waals surface area contributed by atoms with Crippen molar-refractivity contribution in [3.8, 4) is 0 Å². The normalized spacial score (nSPS) is 20.2. The van der Waals surface area contributed by atoms with Crippen LogP contribution >= 0.6 is 22.6 Å². The molecular weight excluding hydrogens is 649 g/mol. The van der Waals surface area contributed by atoms with Gasteiger partial charge in [0.1, 0.15) is 0 Å². The zero-order valence-electron chi connectivity index (χ0n) is 24.0. The molecule has 7 rings (SSSR count). The number of halogens is 3. The van der Waals surface area contributed by atoms with Crippen LogP contribution in [0.2, 0.25) is 0 Å². The Morgan fingerprint density at radius 2 is 1.21 bits per heavy atom. The number of hydrogen-bond acceptors (Lipinski definition) is 2. The third kappa shape index (κ3) is 5.22. The molecule has 2 aliphatic carbocycles. The highest BCUT2D eigenvalue weighted by atomic mass is 127. The Morgan fingerprint density at radius 1 is 0.651 bits per heavy atom. The maximum absolute atomic E-state index is 16.6. The van der Waals surface area contributed by atoms with Gasteiger partial charge in [0.15, 0.2) is 0 Å². The topological polar surface area (TPSA) is 6.48 Å². The van der Waals surface area contributed by atoms with Gasteiger partial charge in [-0.25, -0.2) is 8.78 Å². The Bertz CT molecular complexity index is 1710. The Labute approximate surface area is 266 Å². The lowest BCUT2D eigenvalue weighted by Gasteiger charge is -2.41. The van der Waals surface area contributed by atoms with Gasteiger partial charge < -0.3 is 9.80 Å². The summed E-state index contributed by atoms with van der Waals surface area (Å²) < 4.78 is 34.4. The molecule has 0 N–H and O–H groups in total. The first-order chi connectivity index (χ1) is 20.9. The van der Waals surface area contributed by atoms with Crippen LogP contribution in [0.15, 0.2) is 127 Å². The fourth-order valence-corrected chi connectivity index (χ4v) is 7.49. The van der Waals surface area contributed by atoms with Crippen molar-refractivity contribution in [2.45, 2.75) is 44.1 Å². The SMILES string of the molecule is Cc1ccc(N(c2ccccc2)c2ccc3c(c2)C(F)(F)C2CC(N(c4ccccc4)c4ccc(I)cc4)CCC32)cc1. The molecule has 0 amide bonds. The molecule has 0 aromatic heterocycles. The summed E-state index contributed by atoms with van der Waals surface area (Å²) in [6.07, 6.45) is 2.03. The van der Waals surface area contributed by atoms with E-state index in [1.807, 2.05) is 60.7 Å². The van der Waals surface area contributed by atoms with E-state index >= 15 is 8.78 Å². The molecule has 1 saturated carbocycles. The first-order valence-corrected chi connectivity index (χ1v) is 16.0. The van der Waals surface area contributed by atoms with Gasteiger partial charge in [0.05, 0.1) is 0 Å². The van der Waals surface area contributed by atoms with Crippen molar-refractivity contribution in [3.63, 3.8) is 0 Å². The lowest BCUT2D eigenvalue weighted by molar-refractivity contribution is -0.0721. The van der Waals surface area contributed by atoms with E-state index in [1.165, 1.54) is 0 Å². The van der Waals surface area contributed by atoms with E-state index in [0.717, 1.165) is 56.0 Å². The minimum atomic E-state index is -2.92. The summed E-state index contributed by atoms with van der Waals surface area (Å²) in [6, 6.07) is 42.6. The van der Waals surface area contributed by atoms with Crippen molar-refractivity contribution in [2.75, 3.05) is 9.80 Å². The van der Waals surface area contributed by atoms with Gasteiger partial charge in [-0.2, -0.15) is 0 Å². The summed E-state index contributed by atoms with van der Waals surface area (Å²) in [6.45, 7) is 2.05. The fraction of sp³-hybridized carbons (Fsp3) is 0.211. The second-order valence-corrected chi connectivity index (χ2v) is 13.0. The average molecular weight is 683 g/mol. The van der Waals surface area contributed by atoms with Crippen molar-refractivity contribution in [1.29, 1.82) is 0 Å². The fourth-order valence-electron chi connectivity index (χ4n) is 7.13. The highest BCUT2D eigenvalue weighted by molar-refractivity contribution is 14.1. The molecule has 5 aromatic carbocycles. The van der Waals surface area contributed by atoms with Crippen molar-refractivity contribution >= 4 is 51.0 Å². The molecule has 0 aliphatic heterocycles. The molecule has 3 atom stereocenters. The molecular formula is C38H33F2IN2. The molecule has 5 aromatic rings. The number of benzene rings is 5. The Balaban J connectivity index is 1.25. The molecule has 0 radical (unpaired) electrons. The summed E-state index contributed by atoms with van der Waals surface area (Å²) in [5, 5.41) is 0. The molecule has 2 aliphatic rings. The third-order valence-electron chi connectivity index (χ3n) is 9.15. The molecule has 0 saturated heterocycles. The van der Waals surface area contributed by atoms with Gasteiger partial charge in [-0.1, -0.05) is 60.2 Å². The van der Waals surface area contributed by atoms with Gasteiger partial charge in [0, 0.05) is 49.5 Å². The Kier molecular flexibility index (Phi) is 7.46. The minimum Gasteiger partial charge on any atom is -0.338 e. The Hall–Kier alpha value is -3.71. The second kappa shape index (κ2) is 11.4. The largest absolute Gasteiger partial charge is 0.338 e. The number of nitrogens with zero attached hydrogens (tertiary/aromatic N) is 2. The van der Waals surface area contributed by atoms with E-state index < -0.39 is 11.8 Å². The summed E-state index contributed by atoms with van der Waals surface area (Å²) >= 11 is 2.31. The zero-order chi connectivity index (χ0) is 29.6. The van der Waals surface area contributed by atoms with E-state index in [9.17, 15) is 0 Å². The smallest absolute Gasteiger partial charge is 0.277 e. The van der Waals surface area contributed by atoms with Crippen LogP contribution in [0.1, 0.15) is 41.9 Å². The Morgan fingerprint density at radius 3 is 1.88 bits per heavy atom. The highest BCUT2D eigenvalue weighted by Crippen LogP contribution is 2.60. The first-order valence-electron chi connectivity index (χ1n) is 14.9. The number of aryl methyl sites for hydroxylation is 1. The molecule has 0 spiro atoms. The lowest BCUT2D eigenvalue weighted by atomic mass is 9.75. The van der Waals surface area contributed by atoms with E-state index in [2.05, 4.69) is 100.0 Å². The number of hydrogen-bond donors (Lipinski definition) is 0. The van der Waals surface area contributed by atoms with Crippen LogP contribution in [0.5, 0.6) is 0 Å². The molecule has 0 bridgehead atoms. The van der Waals surface area contributed by atoms with Crippen LogP contribution in [0.4, 0.5) is 37.2 Å². The van der Waals surface area contributed by atoms with Crippen molar-refractivity contribution in [1.82, 2.24) is 0 Å². The zero-order valence-corrected chi connectivity index (χ0v) is 26.2. The number of fused-ring (bicyclic) bond motifs is 3. The highest BCUT2D eigenvalue weighted by Gasteiger charge is 2.56. The second-order valence-electron chi connectivity index (χ2n) is 11.8. The van der Waals surface area contributed by atoms with Crippen LogP contribution in [0.25, 0.3) is 0 Å². The van der Waals surface area contributed by atoms with Gasteiger partial charge in [-0.05, 0) is 133 Å². The molecule has 0 heterocycles. The molecule has 43 heavy (non-hydrogen) atoms. The standard InChI is InChI=1S/C38H33F2IN2/c1-26-12-16-30(17-13-26)42(28-8-4-2-5-9-28)32-20-22-34-35-23-21-33(25-37(35)38(39,40)36(34)24-32)43(29-10-6-3-7-11-29)31-18-14-27(41)15-19-31/h2-20,22,24,33,35,37H,21,23,25H2,1H3. The van der Waals surface area contributed by atoms with E-state index in [-0.39, 0.29) is 17.5 Å².